The van der Waals surface area contributed by atoms with Crippen LogP contribution in [-0.4, -0.2) is 30.8 Å². The number of nitro groups is 1. The van der Waals surface area contributed by atoms with Crippen molar-refractivity contribution in [1.29, 1.82) is 0 Å². The van der Waals surface area contributed by atoms with E-state index < -0.39 is 10.8 Å². The molecule has 1 N–H and O–H groups in total. The molecule has 26 heavy (non-hydrogen) atoms. The minimum absolute atomic E-state index is 0.0833. The van der Waals surface area contributed by atoms with Gasteiger partial charge < -0.3 is 24.3 Å². The fourth-order valence-corrected chi connectivity index (χ4v) is 2.74. The lowest BCUT2D eigenvalue weighted by Gasteiger charge is -2.18. The van der Waals surface area contributed by atoms with Gasteiger partial charge in [-0.05, 0) is 17.7 Å². The number of hydrogen-bond acceptors (Lipinski definition) is 7. The Kier molecular flexibility index (Phi) is 3.96. The van der Waals surface area contributed by atoms with E-state index in [1.807, 2.05) is 0 Å². The molecule has 9 nitrogen and oxygen atoms in total. The molecule has 134 valence electrons. The lowest BCUT2D eigenvalue weighted by molar-refractivity contribution is -0.385. The maximum atomic E-state index is 12.5. The Hall–Kier alpha value is -3.49. The number of nitrogens with zero attached hydrogens (tertiary/aromatic N) is 1. The molecule has 9 heteroatoms. The second kappa shape index (κ2) is 6.43. The Labute approximate surface area is 147 Å². The molecule has 0 atom stereocenters. The fraction of sp³-hybridized carbons (Fsp3) is 0.235. The molecule has 0 bridgehead atoms. The molecule has 0 saturated carbocycles. The minimum atomic E-state index is -0.617. The van der Waals surface area contributed by atoms with Crippen LogP contribution in [0.2, 0.25) is 0 Å². The van der Waals surface area contributed by atoms with Gasteiger partial charge in [-0.15, -0.1) is 0 Å². The molecule has 2 aromatic rings. The van der Waals surface area contributed by atoms with Crippen molar-refractivity contribution in [3.05, 3.63) is 51.6 Å². The van der Waals surface area contributed by atoms with Gasteiger partial charge in [0, 0.05) is 12.6 Å². The molecule has 2 aliphatic heterocycles. The smallest absolute Gasteiger partial charge is 0.286 e. The van der Waals surface area contributed by atoms with E-state index in [9.17, 15) is 14.9 Å². The standard InChI is InChI=1S/C17H14N2O7/c20-17(18-8-10-1-2-13-14(5-10)26-9-25-13)11-6-15-16(24-4-3-23-15)7-12(11)19(21)22/h1-2,5-7H,3-4,8-9H2,(H,18,20). The molecule has 2 aromatic carbocycles. The van der Waals surface area contributed by atoms with Gasteiger partial charge in [-0.2, -0.15) is 0 Å². The van der Waals surface area contributed by atoms with Crippen LogP contribution in [0.1, 0.15) is 15.9 Å². The fourth-order valence-electron chi connectivity index (χ4n) is 2.74. The van der Waals surface area contributed by atoms with Crippen molar-refractivity contribution < 1.29 is 28.7 Å². The number of rotatable bonds is 4. The van der Waals surface area contributed by atoms with Crippen LogP contribution in [0.25, 0.3) is 0 Å². The molecule has 4 rings (SSSR count). The van der Waals surface area contributed by atoms with Crippen molar-refractivity contribution in [2.75, 3.05) is 20.0 Å². The van der Waals surface area contributed by atoms with Crippen LogP contribution in [0.4, 0.5) is 5.69 Å². The summed E-state index contributed by atoms with van der Waals surface area (Å²) in [4.78, 5) is 23.2. The largest absolute Gasteiger partial charge is 0.486 e. The first-order chi connectivity index (χ1) is 12.6. The van der Waals surface area contributed by atoms with E-state index in [1.165, 1.54) is 12.1 Å². The summed E-state index contributed by atoms with van der Waals surface area (Å²) in [5.74, 6) is 1.24. The zero-order chi connectivity index (χ0) is 18.1. The molecule has 0 saturated heterocycles. The van der Waals surface area contributed by atoms with E-state index >= 15 is 0 Å². The first-order valence-electron chi connectivity index (χ1n) is 7.86. The van der Waals surface area contributed by atoms with Crippen molar-refractivity contribution in [1.82, 2.24) is 5.32 Å². The predicted molar refractivity (Wildman–Crippen MR) is 87.8 cm³/mol. The zero-order valence-electron chi connectivity index (χ0n) is 13.5. The van der Waals surface area contributed by atoms with Crippen LogP contribution in [0.3, 0.4) is 0 Å². The average molecular weight is 358 g/mol. The summed E-state index contributed by atoms with van der Waals surface area (Å²) in [6.07, 6.45) is 0. The van der Waals surface area contributed by atoms with E-state index in [1.54, 1.807) is 18.2 Å². The number of ether oxygens (including phenoxy) is 4. The number of carbonyl (C=O) groups is 1. The third-order valence-electron chi connectivity index (χ3n) is 3.99. The Bertz CT molecular complexity index is 897. The highest BCUT2D eigenvalue weighted by molar-refractivity contribution is 5.99. The van der Waals surface area contributed by atoms with Gasteiger partial charge in [0.05, 0.1) is 11.0 Å². The molecule has 2 heterocycles. The highest BCUT2D eigenvalue weighted by atomic mass is 16.7. The van der Waals surface area contributed by atoms with Gasteiger partial charge in [0.15, 0.2) is 23.0 Å². The van der Waals surface area contributed by atoms with Crippen molar-refractivity contribution in [2.45, 2.75) is 6.54 Å². The Morgan fingerprint density at radius 2 is 1.69 bits per heavy atom. The average Bonchev–Trinajstić information content (AvgIpc) is 3.12. The predicted octanol–water partition coefficient (Wildman–Crippen LogP) is 2.02. The second-order valence-electron chi connectivity index (χ2n) is 5.64. The monoisotopic (exact) mass is 358 g/mol. The van der Waals surface area contributed by atoms with Crippen molar-refractivity contribution in [3.63, 3.8) is 0 Å². The van der Waals surface area contributed by atoms with Gasteiger partial charge in [0.25, 0.3) is 11.6 Å². The Morgan fingerprint density at radius 3 is 2.46 bits per heavy atom. The van der Waals surface area contributed by atoms with Gasteiger partial charge in [-0.3, -0.25) is 14.9 Å². The zero-order valence-corrected chi connectivity index (χ0v) is 13.5. The summed E-state index contributed by atoms with van der Waals surface area (Å²) in [6, 6.07) is 7.83. The van der Waals surface area contributed by atoms with Crippen LogP contribution < -0.4 is 24.3 Å². The molecule has 1 amide bonds. The molecular weight excluding hydrogens is 344 g/mol. The normalized spacial score (nSPS) is 14.0. The molecular formula is C17H14N2O7. The van der Waals surface area contributed by atoms with Crippen molar-refractivity contribution >= 4 is 11.6 Å². The Morgan fingerprint density at radius 1 is 1.00 bits per heavy atom. The molecule has 0 aromatic heterocycles. The van der Waals surface area contributed by atoms with Gasteiger partial charge in [0.1, 0.15) is 18.8 Å². The van der Waals surface area contributed by atoms with Crippen molar-refractivity contribution in [3.8, 4) is 23.0 Å². The highest BCUT2D eigenvalue weighted by Gasteiger charge is 2.26. The van der Waals surface area contributed by atoms with E-state index in [0.29, 0.717) is 30.5 Å². The quantitative estimate of drug-likeness (QED) is 0.658. The molecule has 0 spiro atoms. The van der Waals surface area contributed by atoms with E-state index in [4.69, 9.17) is 18.9 Å². The number of benzene rings is 2. The lowest BCUT2D eigenvalue weighted by Crippen LogP contribution is -2.24. The van der Waals surface area contributed by atoms with Gasteiger partial charge >= 0.3 is 0 Å². The number of fused-ring (bicyclic) bond motifs is 2. The topological polar surface area (TPSA) is 109 Å². The van der Waals surface area contributed by atoms with E-state index in [2.05, 4.69) is 5.32 Å². The van der Waals surface area contributed by atoms with Gasteiger partial charge in [-0.1, -0.05) is 6.07 Å². The molecule has 0 radical (unpaired) electrons. The second-order valence-corrected chi connectivity index (χ2v) is 5.64. The number of amides is 1. The summed E-state index contributed by atoms with van der Waals surface area (Å²) in [5, 5.41) is 14.0. The van der Waals surface area contributed by atoms with E-state index in [0.717, 1.165) is 5.56 Å². The molecule has 0 unspecified atom stereocenters. The first kappa shape index (κ1) is 16.0. The SMILES string of the molecule is O=C(NCc1ccc2c(c1)OCO2)c1cc2c(cc1[N+](=O)[O-])OCCO2. The summed E-state index contributed by atoms with van der Waals surface area (Å²) < 4.78 is 21.3. The third-order valence-corrected chi connectivity index (χ3v) is 3.99. The van der Waals surface area contributed by atoms with E-state index in [-0.39, 0.29) is 30.3 Å². The maximum Gasteiger partial charge on any atom is 0.286 e. The lowest BCUT2D eigenvalue weighted by atomic mass is 10.1. The maximum absolute atomic E-state index is 12.5. The van der Waals surface area contributed by atoms with Crippen molar-refractivity contribution in [2.24, 2.45) is 0 Å². The number of carbonyl (C=O) groups excluding carboxylic acids is 1. The number of nitro benzene ring substituents is 1. The molecule has 2 aliphatic rings. The summed E-state index contributed by atoms with van der Waals surface area (Å²) in [7, 11) is 0. The van der Waals surface area contributed by atoms with Crippen LogP contribution in [-0.2, 0) is 6.54 Å². The van der Waals surface area contributed by atoms with Gasteiger partial charge in [0.2, 0.25) is 6.79 Å². The van der Waals surface area contributed by atoms with Crippen LogP contribution >= 0.6 is 0 Å². The summed E-state index contributed by atoms with van der Waals surface area (Å²) >= 11 is 0. The molecule has 0 aliphatic carbocycles. The van der Waals surface area contributed by atoms with Crippen LogP contribution in [0, 0.1) is 10.1 Å². The molecule has 0 fully saturated rings. The van der Waals surface area contributed by atoms with Crippen LogP contribution in [0.5, 0.6) is 23.0 Å². The number of nitrogens with one attached hydrogen (secondary N) is 1. The Balaban J connectivity index is 1.55. The first-order valence-corrected chi connectivity index (χ1v) is 7.86. The summed E-state index contributed by atoms with van der Waals surface area (Å²) in [5.41, 5.74) is 0.361. The van der Waals surface area contributed by atoms with Crippen LogP contribution in [0.15, 0.2) is 30.3 Å². The third kappa shape index (κ3) is 2.94. The van der Waals surface area contributed by atoms with Gasteiger partial charge in [-0.25, -0.2) is 0 Å². The minimum Gasteiger partial charge on any atom is -0.486 e. The number of hydrogen-bond donors (Lipinski definition) is 1. The highest BCUT2D eigenvalue weighted by Crippen LogP contribution is 2.36. The summed E-state index contributed by atoms with van der Waals surface area (Å²) in [6.45, 7) is 0.971.